The van der Waals surface area contributed by atoms with Crippen LogP contribution in [0.25, 0.3) is 0 Å². The zero-order valence-electron chi connectivity index (χ0n) is 9.45. The van der Waals surface area contributed by atoms with Gasteiger partial charge in [-0.15, -0.1) is 0 Å². The fourth-order valence-electron chi connectivity index (χ4n) is 1.33. The molecule has 0 aliphatic heterocycles. The Bertz CT molecular complexity index is 577. The van der Waals surface area contributed by atoms with E-state index in [1.54, 1.807) is 24.3 Å². The van der Waals surface area contributed by atoms with Gasteiger partial charge in [0.15, 0.2) is 0 Å². The number of nitrogens with one attached hydrogen (secondary N) is 1. The van der Waals surface area contributed by atoms with Crippen molar-refractivity contribution in [3.8, 4) is 5.88 Å². The van der Waals surface area contributed by atoms with Gasteiger partial charge in [-0.2, -0.15) is 9.97 Å². The molecule has 7 heteroatoms. The molecule has 0 bridgehead atoms. The van der Waals surface area contributed by atoms with Crippen LogP contribution in [0.1, 0.15) is 0 Å². The number of aromatic nitrogens is 2. The summed E-state index contributed by atoms with van der Waals surface area (Å²) in [5.74, 6) is 1.01. The second-order valence-electron chi connectivity index (χ2n) is 3.41. The zero-order chi connectivity index (χ0) is 13.1. The molecule has 0 atom stereocenters. The average Bonchev–Trinajstić information content (AvgIpc) is 2.33. The molecule has 94 valence electrons. The number of hydrogen-bond donors (Lipinski definition) is 2. The van der Waals surface area contributed by atoms with Crippen molar-refractivity contribution in [2.75, 3.05) is 18.2 Å². The molecule has 2 aromatic rings. The van der Waals surface area contributed by atoms with Crippen LogP contribution in [-0.4, -0.2) is 17.1 Å². The number of nitrogens with zero attached hydrogens (tertiary/aromatic N) is 2. The van der Waals surface area contributed by atoms with E-state index in [1.807, 2.05) is 0 Å². The monoisotopic (exact) mass is 284 g/mol. The molecule has 2 rings (SSSR count). The van der Waals surface area contributed by atoms with Gasteiger partial charge in [-0.25, -0.2) is 0 Å². The summed E-state index contributed by atoms with van der Waals surface area (Å²) in [6.07, 6.45) is 0. The summed E-state index contributed by atoms with van der Waals surface area (Å²) >= 11 is 11.7. The first-order valence-corrected chi connectivity index (χ1v) is 5.74. The molecule has 1 heterocycles. The highest BCUT2D eigenvalue weighted by atomic mass is 35.5. The Labute approximate surface area is 114 Å². The topological polar surface area (TPSA) is 73.1 Å². The van der Waals surface area contributed by atoms with Gasteiger partial charge in [0.05, 0.1) is 17.2 Å². The van der Waals surface area contributed by atoms with Crippen molar-refractivity contribution < 1.29 is 4.74 Å². The van der Waals surface area contributed by atoms with Gasteiger partial charge >= 0.3 is 0 Å². The highest BCUT2D eigenvalue weighted by Crippen LogP contribution is 2.27. The van der Waals surface area contributed by atoms with Gasteiger partial charge in [-0.3, -0.25) is 0 Å². The average molecular weight is 285 g/mol. The third-order valence-corrected chi connectivity index (χ3v) is 2.86. The first kappa shape index (κ1) is 12.7. The van der Waals surface area contributed by atoms with Crippen molar-refractivity contribution in [3.63, 3.8) is 0 Å². The van der Waals surface area contributed by atoms with E-state index in [0.717, 1.165) is 5.69 Å². The first-order chi connectivity index (χ1) is 8.58. The lowest BCUT2D eigenvalue weighted by molar-refractivity contribution is 0.398. The molecule has 0 fully saturated rings. The first-order valence-electron chi connectivity index (χ1n) is 4.99. The Hall–Kier alpha value is -1.72. The highest BCUT2D eigenvalue weighted by Gasteiger charge is 2.04. The van der Waals surface area contributed by atoms with Crippen LogP contribution >= 0.6 is 23.2 Å². The van der Waals surface area contributed by atoms with E-state index in [1.165, 1.54) is 7.11 Å². The van der Waals surface area contributed by atoms with Crippen LogP contribution in [0, 0.1) is 0 Å². The van der Waals surface area contributed by atoms with Crippen molar-refractivity contribution in [2.45, 2.75) is 0 Å². The van der Waals surface area contributed by atoms with Crippen molar-refractivity contribution >= 4 is 40.7 Å². The number of hydrogen-bond acceptors (Lipinski definition) is 5. The Kier molecular flexibility index (Phi) is 3.74. The Morgan fingerprint density at radius 2 is 1.94 bits per heavy atom. The largest absolute Gasteiger partial charge is 0.481 e. The number of ether oxygens (including phenoxy) is 1. The molecular weight excluding hydrogens is 275 g/mol. The van der Waals surface area contributed by atoms with E-state index in [0.29, 0.717) is 21.7 Å². The normalized spacial score (nSPS) is 10.2. The molecule has 0 saturated carbocycles. The maximum Gasteiger partial charge on any atom is 0.225 e. The molecule has 0 aliphatic rings. The van der Waals surface area contributed by atoms with Crippen LogP contribution in [-0.2, 0) is 0 Å². The fourth-order valence-corrected chi connectivity index (χ4v) is 1.63. The molecule has 0 spiro atoms. The van der Waals surface area contributed by atoms with Gasteiger partial charge in [0.25, 0.3) is 0 Å². The minimum Gasteiger partial charge on any atom is -0.481 e. The van der Waals surface area contributed by atoms with Gasteiger partial charge in [-0.05, 0) is 18.2 Å². The third-order valence-electron chi connectivity index (χ3n) is 2.12. The molecule has 1 aromatic carbocycles. The van der Waals surface area contributed by atoms with E-state index in [9.17, 15) is 0 Å². The maximum atomic E-state index is 5.92. The molecule has 0 saturated heterocycles. The summed E-state index contributed by atoms with van der Waals surface area (Å²) in [6.45, 7) is 0. The van der Waals surface area contributed by atoms with Gasteiger partial charge < -0.3 is 15.8 Å². The molecule has 0 amide bonds. The van der Waals surface area contributed by atoms with Crippen molar-refractivity contribution in [3.05, 3.63) is 34.3 Å². The molecule has 0 aliphatic carbocycles. The van der Waals surface area contributed by atoms with Crippen LogP contribution < -0.4 is 15.8 Å². The highest BCUT2D eigenvalue weighted by molar-refractivity contribution is 6.42. The number of benzene rings is 1. The second kappa shape index (κ2) is 5.29. The molecule has 0 radical (unpaired) electrons. The molecule has 5 nitrogen and oxygen atoms in total. The van der Waals surface area contributed by atoms with Crippen LogP contribution in [0.5, 0.6) is 5.88 Å². The third kappa shape index (κ3) is 2.94. The smallest absolute Gasteiger partial charge is 0.225 e. The summed E-state index contributed by atoms with van der Waals surface area (Å²) in [4.78, 5) is 7.91. The number of rotatable bonds is 3. The minimum atomic E-state index is 0.122. The summed E-state index contributed by atoms with van der Waals surface area (Å²) in [5, 5.41) is 3.98. The number of anilines is 3. The maximum absolute atomic E-state index is 5.92. The molecule has 3 N–H and O–H groups in total. The summed E-state index contributed by atoms with van der Waals surface area (Å²) in [7, 11) is 1.50. The second-order valence-corrected chi connectivity index (χ2v) is 4.22. The number of methoxy groups -OCH3 is 1. The lowest BCUT2D eigenvalue weighted by atomic mass is 10.3. The summed E-state index contributed by atoms with van der Waals surface area (Å²) in [6, 6.07) is 6.78. The lowest BCUT2D eigenvalue weighted by Crippen LogP contribution is -2.01. The SMILES string of the molecule is COc1cc(Nc2ccc(Cl)c(Cl)c2)nc(N)n1. The Morgan fingerprint density at radius 3 is 2.61 bits per heavy atom. The molecule has 18 heavy (non-hydrogen) atoms. The standard InChI is InChI=1S/C11H10Cl2N4O/c1-18-10-5-9(16-11(14)17-10)15-6-2-3-7(12)8(13)4-6/h2-5H,1H3,(H3,14,15,16,17). The number of halogens is 2. The molecule has 1 aromatic heterocycles. The Morgan fingerprint density at radius 1 is 1.17 bits per heavy atom. The van der Waals surface area contributed by atoms with E-state index in [-0.39, 0.29) is 5.95 Å². The zero-order valence-corrected chi connectivity index (χ0v) is 11.0. The van der Waals surface area contributed by atoms with Gasteiger partial charge in [-0.1, -0.05) is 23.2 Å². The van der Waals surface area contributed by atoms with E-state index in [2.05, 4.69) is 15.3 Å². The minimum absolute atomic E-state index is 0.122. The Balaban J connectivity index is 2.27. The number of nitrogen functional groups attached to an aromatic ring is 1. The van der Waals surface area contributed by atoms with Gasteiger partial charge in [0.2, 0.25) is 11.8 Å². The molecular formula is C11H10Cl2N4O. The predicted octanol–water partition coefficient (Wildman–Crippen LogP) is 3.12. The fraction of sp³-hybridized carbons (Fsp3) is 0.0909. The van der Waals surface area contributed by atoms with Crippen LogP contribution in [0.15, 0.2) is 24.3 Å². The predicted molar refractivity (Wildman–Crippen MR) is 72.7 cm³/mol. The quantitative estimate of drug-likeness (QED) is 0.906. The molecule has 0 unspecified atom stereocenters. The van der Waals surface area contributed by atoms with Crippen molar-refractivity contribution in [1.82, 2.24) is 9.97 Å². The van der Waals surface area contributed by atoms with Crippen LogP contribution in [0.2, 0.25) is 10.0 Å². The van der Waals surface area contributed by atoms with E-state index < -0.39 is 0 Å². The van der Waals surface area contributed by atoms with E-state index >= 15 is 0 Å². The lowest BCUT2D eigenvalue weighted by Gasteiger charge is -2.08. The van der Waals surface area contributed by atoms with Crippen molar-refractivity contribution in [1.29, 1.82) is 0 Å². The van der Waals surface area contributed by atoms with Crippen LogP contribution in [0.4, 0.5) is 17.5 Å². The van der Waals surface area contributed by atoms with Gasteiger partial charge in [0, 0.05) is 11.8 Å². The van der Waals surface area contributed by atoms with Gasteiger partial charge in [0.1, 0.15) is 5.82 Å². The summed E-state index contributed by atoms with van der Waals surface area (Å²) < 4.78 is 5.00. The van der Waals surface area contributed by atoms with Crippen molar-refractivity contribution in [2.24, 2.45) is 0 Å². The summed E-state index contributed by atoms with van der Waals surface area (Å²) in [5.41, 5.74) is 6.29. The van der Waals surface area contributed by atoms with E-state index in [4.69, 9.17) is 33.7 Å². The van der Waals surface area contributed by atoms with Crippen LogP contribution in [0.3, 0.4) is 0 Å². The number of nitrogens with two attached hydrogens (primary N) is 1.